The van der Waals surface area contributed by atoms with Crippen molar-refractivity contribution in [1.82, 2.24) is 14.7 Å². The molecule has 0 bridgehead atoms. The lowest BCUT2D eigenvalue weighted by Crippen LogP contribution is -2.32. The van der Waals surface area contributed by atoms with E-state index in [0.29, 0.717) is 0 Å². The van der Waals surface area contributed by atoms with Crippen LogP contribution in [0.1, 0.15) is 12.8 Å². The van der Waals surface area contributed by atoms with E-state index in [1.54, 1.807) is 0 Å². The molecule has 0 aromatic carbocycles. The van der Waals surface area contributed by atoms with Crippen LogP contribution in [0.2, 0.25) is 5.28 Å². The minimum absolute atomic E-state index is 0.00150. The van der Waals surface area contributed by atoms with Gasteiger partial charge in [0.1, 0.15) is 5.82 Å². The first kappa shape index (κ1) is 10.6. The maximum Gasteiger partial charge on any atom is 0.300 e. The Kier molecular flexibility index (Phi) is 2.76. The maximum atomic E-state index is 11.4. The summed E-state index contributed by atoms with van der Waals surface area (Å²) in [5, 5.41) is 0.00150. The van der Waals surface area contributed by atoms with Crippen molar-refractivity contribution in [3.63, 3.8) is 0 Å². The van der Waals surface area contributed by atoms with Crippen LogP contribution in [0.5, 0.6) is 0 Å². The molecule has 82 valence electrons. The second-order valence-corrected chi connectivity index (χ2v) is 4.99. The molecule has 0 radical (unpaired) electrons. The van der Waals surface area contributed by atoms with Crippen molar-refractivity contribution >= 4 is 27.6 Å². The summed E-state index contributed by atoms with van der Waals surface area (Å²) in [4.78, 5) is 7.35. The third kappa shape index (κ3) is 3.29. The van der Waals surface area contributed by atoms with Gasteiger partial charge in [0.25, 0.3) is 0 Å². The Balaban J connectivity index is 2.06. The van der Waals surface area contributed by atoms with Gasteiger partial charge in [-0.2, -0.15) is 18.1 Å². The molecule has 0 saturated heterocycles. The lowest BCUT2D eigenvalue weighted by atomic mass is 10.6. The molecule has 1 aromatic rings. The number of nitrogens with one attached hydrogen (secondary N) is 2. The average Bonchev–Trinajstić information content (AvgIpc) is 2.86. The van der Waals surface area contributed by atoms with Crippen molar-refractivity contribution in [3.8, 4) is 0 Å². The quantitative estimate of drug-likeness (QED) is 0.762. The summed E-state index contributed by atoms with van der Waals surface area (Å²) in [7, 11) is -3.54. The van der Waals surface area contributed by atoms with E-state index in [-0.39, 0.29) is 17.1 Å². The molecule has 15 heavy (non-hydrogen) atoms. The SMILES string of the molecule is O=S(=O)(Nc1ccnc(Cl)n1)NC1CC1. The molecule has 2 N–H and O–H groups in total. The highest BCUT2D eigenvalue weighted by Crippen LogP contribution is 2.20. The summed E-state index contributed by atoms with van der Waals surface area (Å²) in [6.07, 6.45) is 3.14. The largest absolute Gasteiger partial charge is 0.300 e. The van der Waals surface area contributed by atoms with Crippen molar-refractivity contribution in [1.29, 1.82) is 0 Å². The number of nitrogens with zero attached hydrogens (tertiary/aromatic N) is 2. The van der Waals surface area contributed by atoms with Crippen LogP contribution in [0.4, 0.5) is 5.82 Å². The Bertz CT molecular complexity index is 460. The number of halogens is 1. The molecule has 8 heteroatoms. The van der Waals surface area contributed by atoms with Gasteiger partial charge >= 0.3 is 10.2 Å². The lowest BCUT2D eigenvalue weighted by Gasteiger charge is -2.06. The fraction of sp³-hybridized carbons (Fsp3) is 0.429. The highest BCUT2D eigenvalue weighted by atomic mass is 35.5. The molecule has 0 spiro atoms. The van der Waals surface area contributed by atoms with Crippen LogP contribution < -0.4 is 9.44 Å². The minimum Gasteiger partial charge on any atom is -0.254 e. The monoisotopic (exact) mass is 248 g/mol. The predicted molar refractivity (Wildman–Crippen MR) is 55.7 cm³/mol. The van der Waals surface area contributed by atoms with Crippen molar-refractivity contribution in [3.05, 3.63) is 17.5 Å². The topological polar surface area (TPSA) is 84.0 Å². The Labute approximate surface area is 92.3 Å². The molecule has 1 saturated carbocycles. The van der Waals surface area contributed by atoms with Crippen molar-refractivity contribution in [2.45, 2.75) is 18.9 Å². The summed E-state index contributed by atoms with van der Waals surface area (Å²) in [6, 6.07) is 1.48. The molecular formula is C7H9ClN4O2S. The van der Waals surface area contributed by atoms with Crippen molar-refractivity contribution < 1.29 is 8.42 Å². The van der Waals surface area contributed by atoms with Gasteiger partial charge in [-0.25, -0.2) is 4.98 Å². The van der Waals surface area contributed by atoms with Crippen molar-refractivity contribution in [2.75, 3.05) is 4.72 Å². The average molecular weight is 249 g/mol. The first-order valence-electron chi connectivity index (χ1n) is 4.34. The molecule has 0 aliphatic heterocycles. The molecule has 1 aliphatic rings. The van der Waals surface area contributed by atoms with Gasteiger partial charge in [-0.05, 0) is 30.5 Å². The van der Waals surface area contributed by atoms with Gasteiger partial charge in [-0.15, -0.1) is 0 Å². The van der Waals surface area contributed by atoms with Crippen LogP contribution in [0.15, 0.2) is 12.3 Å². The van der Waals surface area contributed by atoms with E-state index in [0.717, 1.165) is 12.8 Å². The fourth-order valence-corrected chi connectivity index (χ4v) is 2.25. The standard InChI is InChI=1S/C7H9ClN4O2S/c8-7-9-4-3-6(10-7)12-15(13,14)11-5-1-2-5/h3-5,11H,1-2H2,(H,9,10,12). The van der Waals surface area contributed by atoms with Crippen molar-refractivity contribution in [2.24, 2.45) is 0 Å². The molecule has 6 nitrogen and oxygen atoms in total. The lowest BCUT2D eigenvalue weighted by molar-refractivity contribution is 0.586. The highest BCUT2D eigenvalue weighted by Gasteiger charge is 2.26. The molecule has 0 amide bonds. The molecule has 1 aromatic heterocycles. The van der Waals surface area contributed by atoms with E-state index in [1.165, 1.54) is 12.3 Å². The number of aromatic nitrogens is 2. The predicted octanol–water partition coefficient (Wildman–Crippen LogP) is 0.539. The Morgan fingerprint density at radius 3 is 2.80 bits per heavy atom. The Hall–Kier alpha value is -0.920. The van der Waals surface area contributed by atoms with Gasteiger partial charge in [-0.3, -0.25) is 4.72 Å². The first-order chi connectivity index (χ1) is 7.05. The Morgan fingerprint density at radius 2 is 2.20 bits per heavy atom. The third-order valence-corrected chi connectivity index (χ3v) is 3.07. The van der Waals surface area contributed by atoms with E-state index < -0.39 is 10.2 Å². The number of rotatable bonds is 4. The Morgan fingerprint density at radius 1 is 1.47 bits per heavy atom. The smallest absolute Gasteiger partial charge is 0.254 e. The third-order valence-electron chi connectivity index (χ3n) is 1.76. The summed E-state index contributed by atoms with van der Waals surface area (Å²) >= 11 is 5.51. The van der Waals surface area contributed by atoms with Crippen LogP contribution in [0, 0.1) is 0 Å². The zero-order chi connectivity index (χ0) is 10.9. The molecule has 1 heterocycles. The number of hydrogen-bond acceptors (Lipinski definition) is 4. The van der Waals surface area contributed by atoms with Crippen LogP contribution in [-0.2, 0) is 10.2 Å². The molecule has 1 fully saturated rings. The van der Waals surface area contributed by atoms with Crippen LogP contribution in [0.3, 0.4) is 0 Å². The van der Waals surface area contributed by atoms with Gasteiger partial charge in [0.2, 0.25) is 5.28 Å². The van der Waals surface area contributed by atoms with Gasteiger partial charge in [-0.1, -0.05) is 0 Å². The maximum absolute atomic E-state index is 11.4. The summed E-state index contributed by atoms with van der Waals surface area (Å²) in [5.41, 5.74) is 0. The van der Waals surface area contributed by atoms with Crippen LogP contribution >= 0.6 is 11.6 Å². The van der Waals surface area contributed by atoms with Gasteiger partial charge in [0, 0.05) is 12.2 Å². The van der Waals surface area contributed by atoms with Gasteiger partial charge < -0.3 is 0 Å². The number of anilines is 1. The second kappa shape index (κ2) is 3.92. The normalized spacial score (nSPS) is 16.3. The van der Waals surface area contributed by atoms with Gasteiger partial charge in [0.05, 0.1) is 0 Å². The molecule has 2 rings (SSSR count). The first-order valence-corrected chi connectivity index (χ1v) is 6.20. The highest BCUT2D eigenvalue weighted by molar-refractivity contribution is 7.90. The van der Waals surface area contributed by atoms with E-state index in [4.69, 9.17) is 11.6 Å². The van der Waals surface area contributed by atoms with E-state index in [1.807, 2.05) is 0 Å². The second-order valence-electron chi connectivity index (χ2n) is 3.21. The number of hydrogen-bond donors (Lipinski definition) is 2. The van der Waals surface area contributed by atoms with E-state index in [2.05, 4.69) is 19.4 Å². The molecule has 0 atom stereocenters. The zero-order valence-electron chi connectivity index (χ0n) is 7.64. The van der Waals surface area contributed by atoms with Crippen LogP contribution in [0.25, 0.3) is 0 Å². The van der Waals surface area contributed by atoms with Crippen LogP contribution in [-0.4, -0.2) is 24.4 Å². The van der Waals surface area contributed by atoms with E-state index in [9.17, 15) is 8.42 Å². The molecular weight excluding hydrogens is 240 g/mol. The molecule has 0 unspecified atom stereocenters. The van der Waals surface area contributed by atoms with Gasteiger partial charge in [0.15, 0.2) is 0 Å². The van der Waals surface area contributed by atoms with E-state index >= 15 is 0 Å². The molecule has 1 aliphatic carbocycles. The summed E-state index contributed by atoms with van der Waals surface area (Å²) < 4.78 is 27.6. The zero-order valence-corrected chi connectivity index (χ0v) is 9.22. The fourth-order valence-electron chi connectivity index (χ4n) is 0.979. The minimum atomic E-state index is -3.54. The summed E-state index contributed by atoms with van der Waals surface area (Å²) in [6.45, 7) is 0. The summed E-state index contributed by atoms with van der Waals surface area (Å²) in [5.74, 6) is 0.156.